The summed E-state index contributed by atoms with van der Waals surface area (Å²) in [5, 5.41) is 32.2. The molecule has 7 nitrogen and oxygen atoms in total. The Labute approximate surface area is 137 Å². The normalized spacial score (nSPS) is 10.7. The SMILES string of the molecule is N#CC(=Cc1cc(O)ccc1[N+](=O)[O-])C(=O)NCc1ccccc1. The lowest BCUT2D eigenvalue weighted by Crippen LogP contribution is -2.23. The Bertz CT molecular complexity index is 839. The number of rotatable bonds is 5. The van der Waals surface area contributed by atoms with E-state index in [0.29, 0.717) is 0 Å². The molecule has 24 heavy (non-hydrogen) atoms. The van der Waals surface area contributed by atoms with Gasteiger partial charge < -0.3 is 10.4 Å². The summed E-state index contributed by atoms with van der Waals surface area (Å²) < 4.78 is 0. The summed E-state index contributed by atoms with van der Waals surface area (Å²) in [5.74, 6) is -0.854. The van der Waals surface area contributed by atoms with Crippen molar-refractivity contribution in [3.8, 4) is 11.8 Å². The Kier molecular flexibility index (Phi) is 5.26. The minimum absolute atomic E-state index is 0.0218. The van der Waals surface area contributed by atoms with Crippen LogP contribution < -0.4 is 5.32 Å². The number of aromatic hydroxyl groups is 1. The number of hydrogen-bond donors (Lipinski definition) is 2. The number of carbonyl (C=O) groups is 1. The first-order chi connectivity index (χ1) is 11.5. The summed E-state index contributed by atoms with van der Waals surface area (Å²) >= 11 is 0. The van der Waals surface area contributed by atoms with Crippen LogP contribution in [0.1, 0.15) is 11.1 Å². The molecule has 0 radical (unpaired) electrons. The van der Waals surface area contributed by atoms with Gasteiger partial charge in [-0.25, -0.2) is 0 Å². The van der Waals surface area contributed by atoms with Gasteiger partial charge in [0.05, 0.1) is 10.5 Å². The first kappa shape index (κ1) is 16.7. The first-order valence-corrected chi connectivity index (χ1v) is 6.92. The molecule has 7 heteroatoms. The van der Waals surface area contributed by atoms with Gasteiger partial charge in [0, 0.05) is 12.6 Å². The maximum atomic E-state index is 12.1. The van der Waals surface area contributed by atoms with Crippen LogP contribution in [0, 0.1) is 21.4 Å². The van der Waals surface area contributed by atoms with Gasteiger partial charge in [0.15, 0.2) is 0 Å². The predicted molar refractivity (Wildman–Crippen MR) is 86.6 cm³/mol. The van der Waals surface area contributed by atoms with Gasteiger partial charge in [-0.1, -0.05) is 30.3 Å². The molecule has 2 aromatic carbocycles. The van der Waals surface area contributed by atoms with E-state index in [1.54, 1.807) is 6.07 Å². The number of nitriles is 1. The van der Waals surface area contributed by atoms with Crippen molar-refractivity contribution in [3.63, 3.8) is 0 Å². The molecule has 0 atom stereocenters. The van der Waals surface area contributed by atoms with Crippen LogP contribution in [0.4, 0.5) is 5.69 Å². The molecule has 0 aliphatic carbocycles. The summed E-state index contributed by atoms with van der Waals surface area (Å²) in [6, 6.07) is 14.2. The number of hydrogen-bond acceptors (Lipinski definition) is 5. The van der Waals surface area contributed by atoms with Gasteiger partial charge in [-0.15, -0.1) is 0 Å². The van der Waals surface area contributed by atoms with Crippen LogP contribution in [0.2, 0.25) is 0 Å². The van der Waals surface area contributed by atoms with Gasteiger partial charge >= 0.3 is 0 Å². The topological polar surface area (TPSA) is 116 Å². The molecule has 0 saturated heterocycles. The molecule has 120 valence electrons. The van der Waals surface area contributed by atoms with Crippen LogP contribution in [-0.2, 0) is 11.3 Å². The molecular weight excluding hydrogens is 310 g/mol. The van der Waals surface area contributed by atoms with E-state index in [0.717, 1.165) is 29.8 Å². The summed E-state index contributed by atoms with van der Waals surface area (Å²) in [4.78, 5) is 22.4. The maximum absolute atomic E-state index is 12.1. The zero-order valence-electron chi connectivity index (χ0n) is 12.5. The fourth-order valence-corrected chi connectivity index (χ4v) is 2.00. The Morgan fingerprint density at radius 3 is 2.62 bits per heavy atom. The molecule has 0 aromatic heterocycles. The van der Waals surface area contributed by atoms with E-state index >= 15 is 0 Å². The third-order valence-electron chi connectivity index (χ3n) is 3.17. The van der Waals surface area contributed by atoms with Crippen LogP contribution in [-0.4, -0.2) is 15.9 Å². The number of nitrogens with one attached hydrogen (secondary N) is 1. The second kappa shape index (κ2) is 7.56. The molecular formula is C17H13N3O4. The maximum Gasteiger partial charge on any atom is 0.276 e. The Hall–Kier alpha value is -3.66. The minimum Gasteiger partial charge on any atom is -0.508 e. The average molecular weight is 323 g/mol. The number of nitrogens with zero attached hydrogens (tertiary/aromatic N) is 2. The third kappa shape index (κ3) is 4.18. The number of phenols is 1. The smallest absolute Gasteiger partial charge is 0.276 e. The van der Waals surface area contributed by atoms with Crippen LogP contribution in [0.3, 0.4) is 0 Å². The molecule has 0 saturated carbocycles. The molecule has 0 spiro atoms. The lowest BCUT2D eigenvalue weighted by atomic mass is 10.1. The van der Waals surface area contributed by atoms with E-state index in [4.69, 9.17) is 5.26 Å². The Morgan fingerprint density at radius 2 is 2.00 bits per heavy atom. The number of benzene rings is 2. The average Bonchev–Trinajstić information content (AvgIpc) is 2.58. The van der Waals surface area contributed by atoms with Crippen molar-refractivity contribution in [3.05, 3.63) is 75.3 Å². The van der Waals surface area contributed by atoms with Crippen LogP contribution >= 0.6 is 0 Å². The molecule has 1 amide bonds. The molecule has 2 rings (SSSR count). The largest absolute Gasteiger partial charge is 0.508 e. The van der Waals surface area contributed by atoms with Crippen LogP contribution in [0.15, 0.2) is 54.1 Å². The van der Waals surface area contributed by atoms with Gasteiger partial charge in [0.1, 0.15) is 17.4 Å². The van der Waals surface area contributed by atoms with Gasteiger partial charge in [-0.3, -0.25) is 14.9 Å². The van der Waals surface area contributed by atoms with Crippen molar-refractivity contribution in [1.29, 1.82) is 5.26 Å². The van der Waals surface area contributed by atoms with E-state index in [-0.39, 0.29) is 29.1 Å². The fourth-order valence-electron chi connectivity index (χ4n) is 2.00. The molecule has 0 heterocycles. The molecule has 2 aromatic rings. The lowest BCUT2D eigenvalue weighted by Gasteiger charge is -2.05. The van der Waals surface area contributed by atoms with Gasteiger partial charge in [-0.2, -0.15) is 5.26 Å². The highest BCUT2D eigenvalue weighted by Crippen LogP contribution is 2.25. The number of carbonyl (C=O) groups excluding carboxylic acids is 1. The first-order valence-electron chi connectivity index (χ1n) is 6.92. The standard InChI is InChI=1S/C17H13N3O4/c18-10-14(17(22)19-11-12-4-2-1-3-5-12)8-13-9-15(21)6-7-16(13)20(23)24/h1-9,21H,11H2,(H,19,22). The predicted octanol–water partition coefficient (Wildman–Crippen LogP) is 2.52. The van der Waals surface area contributed by atoms with E-state index in [1.807, 2.05) is 30.3 Å². The Balaban J connectivity index is 2.23. The number of phenolic OH excluding ortho intramolecular Hbond substituents is 1. The van der Waals surface area contributed by atoms with Crippen molar-refractivity contribution >= 4 is 17.7 Å². The van der Waals surface area contributed by atoms with Crippen molar-refractivity contribution in [2.24, 2.45) is 0 Å². The monoisotopic (exact) mass is 323 g/mol. The van der Waals surface area contributed by atoms with E-state index < -0.39 is 10.8 Å². The Morgan fingerprint density at radius 1 is 1.29 bits per heavy atom. The zero-order valence-corrected chi connectivity index (χ0v) is 12.5. The molecule has 0 aliphatic heterocycles. The van der Waals surface area contributed by atoms with E-state index in [2.05, 4.69) is 5.32 Å². The van der Waals surface area contributed by atoms with E-state index in [1.165, 1.54) is 0 Å². The summed E-state index contributed by atoms with van der Waals surface area (Å²) in [5.41, 5.74) is 0.230. The summed E-state index contributed by atoms with van der Waals surface area (Å²) in [6.07, 6.45) is 1.08. The lowest BCUT2D eigenvalue weighted by molar-refractivity contribution is -0.385. The van der Waals surface area contributed by atoms with Crippen molar-refractivity contribution in [2.45, 2.75) is 6.54 Å². The molecule has 2 N–H and O–H groups in total. The van der Waals surface area contributed by atoms with Crippen molar-refractivity contribution < 1.29 is 14.8 Å². The number of amides is 1. The second-order valence-corrected chi connectivity index (χ2v) is 4.84. The quantitative estimate of drug-likeness (QED) is 0.379. The van der Waals surface area contributed by atoms with Gasteiger partial charge in [0.25, 0.3) is 11.6 Å². The second-order valence-electron chi connectivity index (χ2n) is 4.84. The number of nitro groups is 1. The summed E-state index contributed by atoms with van der Waals surface area (Å²) in [7, 11) is 0. The highest BCUT2D eigenvalue weighted by Gasteiger charge is 2.16. The highest BCUT2D eigenvalue weighted by molar-refractivity contribution is 6.02. The molecule has 0 bridgehead atoms. The zero-order chi connectivity index (χ0) is 17.5. The van der Waals surface area contributed by atoms with Crippen molar-refractivity contribution in [2.75, 3.05) is 0 Å². The van der Waals surface area contributed by atoms with Crippen molar-refractivity contribution in [1.82, 2.24) is 5.32 Å². The fraction of sp³-hybridized carbons (Fsp3) is 0.0588. The van der Waals surface area contributed by atoms with Crippen LogP contribution in [0.5, 0.6) is 5.75 Å². The third-order valence-corrected chi connectivity index (χ3v) is 3.17. The van der Waals surface area contributed by atoms with Gasteiger partial charge in [-0.05, 0) is 23.8 Å². The number of nitro benzene ring substituents is 1. The van der Waals surface area contributed by atoms with Crippen LogP contribution in [0.25, 0.3) is 6.08 Å². The van der Waals surface area contributed by atoms with Gasteiger partial charge in [0.2, 0.25) is 0 Å². The molecule has 0 unspecified atom stereocenters. The summed E-state index contributed by atoms with van der Waals surface area (Å²) in [6.45, 7) is 0.223. The minimum atomic E-state index is -0.654. The molecule has 0 fully saturated rings. The van der Waals surface area contributed by atoms with E-state index in [9.17, 15) is 20.0 Å². The highest BCUT2D eigenvalue weighted by atomic mass is 16.6. The molecule has 0 aliphatic rings.